The molecule has 0 bridgehead atoms. The lowest BCUT2D eigenvalue weighted by atomic mass is 10.0. The van der Waals surface area contributed by atoms with Crippen molar-refractivity contribution in [3.05, 3.63) is 16.0 Å². The summed E-state index contributed by atoms with van der Waals surface area (Å²) in [5, 5.41) is 4.33. The molecule has 1 amide bonds. The van der Waals surface area contributed by atoms with Crippen LogP contribution in [0.5, 0.6) is 0 Å². The fourth-order valence-corrected chi connectivity index (χ4v) is 4.45. The standard InChI is InChI=1S/C17H25N3O3S2/c1-10-7-6-8-20(9-10)17(24)18-14-12(16(22)23-5)11(2)13(25-14)15(21)19(3)4/h10H,6-9H2,1-5H3,(H,18,24). The van der Waals surface area contributed by atoms with E-state index < -0.39 is 5.97 Å². The van der Waals surface area contributed by atoms with Gasteiger partial charge in [-0.15, -0.1) is 11.3 Å². The minimum Gasteiger partial charge on any atom is -0.465 e. The van der Waals surface area contributed by atoms with Crippen molar-refractivity contribution in [1.29, 1.82) is 0 Å². The Labute approximate surface area is 158 Å². The van der Waals surface area contributed by atoms with Gasteiger partial charge in [-0.2, -0.15) is 0 Å². The first-order valence-corrected chi connectivity index (χ1v) is 9.48. The molecule has 0 saturated carbocycles. The minimum atomic E-state index is -0.469. The SMILES string of the molecule is COC(=O)c1c(NC(=S)N2CCCC(C)C2)sc(C(=O)N(C)C)c1C. The van der Waals surface area contributed by atoms with Crippen LogP contribution in [0.3, 0.4) is 0 Å². The van der Waals surface area contributed by atoms with Crippen LogP contribution in [0, 0.1) is 12.8 Å². The van der Waals surface area contributed by atoms with E-state index in [1.807, 2.05) is 0 Å². The number of rotatable bonds is 3. The number of ether oxygens (including phenoxy) is 1. The lowest BCUT2D eigenvalue weighted by Gasteiger charge is -2.32. The summed E-state index contributed by atoms with van der Waals surface area (Å²) < 4.78 is 4.90. The molecule has 0 aromatic carbocycles. The topological polar surface area (TPSA) is 61.9 Å². The second-order valence-electron chi connectivity index (χ2n) is 6.58. The molecule has 138 valence electrons. The molecule has 1 aliphatic heterocycles. The predicted molar refractivity (Wildman–Crippen MR) is 105 cm³/mol. The van der Waals surface area contributed by atoms with Gasteiger partial charge >= 0.3 is 5.97 Å². The molecule has 1 aromatic heterocycles. The van der Waals surface area contributed by atoms with Crippen molar-refractivity contribution in [2.45, 2.75) is 26.7 Å². The number of amides is 1. The Balaban J connectivity index is 2.32. The van der Waals surface area contributed by atoms with Crippen LogP contribution in [0.2, 0.25) is 0 Å². The summed E-state index contributed by atoms with van der Waals surface area (Å²) in [4.78, 5) is 28.7. The highest BCUT2D eigenvalue weighted by Crippen LogP contribution is 2.34. The van der Waals surface area contributed by atoms with Gasteiger partial charge in [-0.25, -0.2) is 4.79 Å². The third-order valence-corrected chi connectivity index (χ3v) is 5.86. The third kappa shape index (κ3) is 4.30. The molecule has 1 atom stereocenters. The quantitative estimate of drug-likeness (QED) is 0.640. The lowest BCUT2D eigenvalue weighted by Crippen LogP contribution is -2.41. The average Bonchev–Trinajstić information content (AvgIpc) is 2.89. The Hall–Kier alpha value is -1.67. The van der Waals surface area contributed by atoms with Crippen molar-refractivity contribution < 1.29 is 14.3 Å². The van der Waals surface area contributed by atoms with Gasteiger partial charge in [-0.1, -0.05) is 6.92 Å². The minimum absolute atomic E-state index is 0.141. The number of likely N-dealkylation sites (tertiary alicyclic amines) is 1. The number of esters is 1. The molecule has 6 nitrogen and oxygen atoms in total. The molecule has 2 rings (SSSR count). The van der Waals surface area contributed by atoms with E-state index in [1.165, 1.54) is 29.8 Å². The second kappa shape index (κ2) is 8.14. The van der Waals surface area contributed by atoms with Crippen molar-refractivity contribution in [3.63, 3.8) is 0 Å². The van der Waals surface area contributed by atoms with Crippen LogP contribution in [0.4, 0.5) is 5.00 Å². The molecule has 1 unspecified atom stereocenters. The fourth-order valence-electron chi connectivity index (χ4n) is 2.91. The zero-order valence-corrected chi connectivity index (χ0v) is 17.0. The zero-order chi connectivity index (χ0) is 18.7. The number of methoxy groups -OCH3 is 1. The van der Waals surface area contributed by atoms with E-state index in [-0.39, 0.29) is 5.91 Å². The van der Waals surface area contributed by atoms with Crippen LogP contribution in [-0.2, 0) is 4.74 Å². The molecule has 2 heterocycles. The Kier molecular flexibility index (Phi) is 6.40. The highest BCUT2D eigenvalue weighted by Gasteiger charge is 2.27. The number of carbonyl (C=O) groups excluding carboxylic acids is 2. The van der Waals surface area contributed by atoms with E-state index in [0.29, 0.717) is 32.0 Å². The number of thiocarbonyl (C=S) groups is 1. The number of thiophene rings is 1. The molecule has 1 saturated heterocycles. The van der Waals surface area contributed by atoms with Gasteiger partial charge < -0.3 is 19.9 Å². The summed E-state index contributed by atoms with van der Waals surface area (Å²) in [7, 11) is 4.71. The maximum absolute atomic E-state index is 12.4. The van der Waals surface area contributed by atoms with E-state index in [9.17, 15) is 9.59 Å². The van der Waals surface area contributed by atoms with Crippen molar-refractivity contribution in [1.82, 2.24) is 9.80 Å². The summed E-state index contributed by atoms with van der Waals surface area (Å²) in [6, 6.07) is 0. The van der Waals surface area contributed by atoms with Gasteiger partial charge in [-0.3, -0.25) is 4.79 Å². The van der Waals surface area contributed by atoms with Crippen molar-refractivity contribution in [2.75, 3.05) is 39.6 Å². The maximum atomic E-state index is 12.4. The Morgan fingerprint density at radius 3 is 2.64 bits per heavy atom. The molecule has 25 heavy (non-hydrogen) atoms. The molecule has 1 fully saturated rings. The third-order valence-electron chi connectivity index (χ3n) is 4.30. The normalized spacial score (nSPS) is 17.2. The van der Waals surface area contributed by atoms with Gasteiger partial charge in [-0.05, 0) is 43.5 Å². The van der Waals surface area contributed by atoms with Crippen molar-refractivity contribution in [2.24, 2.45) is 5.92 Å². The number of piperidine rings is 1. The number of hydrogen-bond acceptors (Lipinski definition) is 5. The number of anilines is 1. The van der Waals surface area contributed by atoms with E-state index >= 15 is 0 Å². The van der Waals surface area contributed by atoms with Crippen LogP contribution < -0.4 is 5.32 Å². The summed E-state index contributed by atoms with van der Waals surface area (Å²) in [6.07, 6.45) is 2.30. The zero-order valence-electron chi connectivity index (χ0n) is 15.3. The fraction of sp³-hybridized carbons (Fsp3) is 0.588. The molecular weight excluding hydrogens is 358 g/mol. The summed E-state index contributed by atoms with van der Waals surface area (Å²) in [5.74, 6) is -0.0217. The number of nitrogens with one attached hydrogen (secondary N) is 1. The predicted octanol–water partition coefficient (Wildman–Crippen LogP) is 2.97. The summed E-state index contributed by atoms with van der Waals surface area (Å²) >= 11 is 6.78. The van der Waals surface area contributed by atoms with Crippen LogP contribution >= 0.6 is 23.6 Å². The summed E-state index contributed by atoms with van der Waals surface area (Å²) in [6.45, 7) is 5.76. The molecular formula is C17H25N3O3S2. The summed E-state index contributed by atoms with van der Waals surface area (Å²) in [5.41, 5.74) is 0.998. The van der Waals surface area contributed by atoms with Gasteiger partial charge in [0.25, 0.3) is 5.91 Å². The lowest BCUT2D eigenvalue weighted by molar-refractivity contribution is 0.0601. The largest absolute Gasteiger partial charge is 0.465 e. The Morgan fingerprint density at radius 2 is 2.08 bits per heavy atom. The first-order chi connectivity index (χ1) is 11.8. The van der Waals surface area contributed by atoms with Crippen LogP contribution in [0.25, 0.3) is 0 Å². The van der Waals surface area contributed by atoms with Gasteiger partial charge in [0.1, 0.15) is 5.00 Å². The van der Waals surface area contributed by atoms with E-state index in [2.05, 4.69) is 17.1 Å². The smallest absolute Gasteiger partial charge is 0.341 e. The van der Waals surface area contributed by atoms with Gasteiger partial charge in [0.2, 0.25) is 0 Å². The van der Waals surface area contributed by atoms with Crippen molar-refractivity contribution >= 4 is 45.5 Å². The Morgan fingerprint density at radius 1 is 1.40 bits per heavy atom. The van der Waals surface area contributed by atoms with E-state index in [4.69, 9.17) is 17.0 Å². The monoisotopic (exact) mass is 383 g/mol. The number of nitrogens with zero attached hydrogens (tertiary/aromatic N) is 2. The molecule has 0 aliphatic carbocycles. The van der Waals surface area contributed by atoms with Crippen molar-refractivity contribution in [3.8, 4) is 0 Å². The average molecular weight is 384 g/mol. The highest BCUT2D eigenvalue weighted by molar-refractivity contribution is 7.80. The highest BCUT2D eigenvalue weighted by atomic mass is 32.1. The van der Waals surface area contributed by atoms with Gasteiger partial charge in [0, 0.05) is 27.2 Å². The molecule has 1 aromatic rings. The number of hydrogen-bond donors (Lipinski definition) is 1. The van der Waals surface area contributed by atoms with Crippen LogP contribution in [0.15, 0.2) is 0 Å². The maximum Gasteiger partial charge on any atom is 0.341 e. The molecule has 1 aliphatic rings. The molecule has 1 N–H and O–H groups in total. The first-order valence-electron chi connectivity index (χ1n) is 8.25. The first kappa shape index (κ1) is 19.7. The van der Waals surface area contributed by atoms with Gasteiger partial charge in [0.05, 0.1) is 17.6 Å². The van der Waals surface area contributed by atoms with Crippen LogP contribution in [0.1, 0.15) is 45.4 Å². The van der Waals surface area contributed by atoms with E-state index in [1.54, 1.807) is 21.0 Å². The van der Waals surface area contributed by atoms with E-state index in [0.717, 1.165) is 19.5 Å². The van der Waals surface area contributed by atoms with Gasteiger partial charge in [0.15, 0.2) is 5.11 Å². The Bertz CT molecular complexity index is 685. The van der Waals surface area contributed by atoms with Crippen LogP contribution in [-0.4, -0.2) is 61.1 Å². The molecule has 8 heteroatoms. The second-order valence-corrected chi connectivity index (χ2v) is 7.98. The molecule has 0 radical (unpaired) electrons. The number of carbonyl (C=O) groups is 2. The molecule has 0 spiro atoms.